The monoisotopic (exact) mass is 488 g/mol. The molecule has 0 atom stereocenters. The molecule has 4 aromatic rings. The number of hydrogen-bond acceptors (Lipinski definition) is 7. The summed E-state index contributed by atoms with van der Waals surface area (Å²) in [5.41, 5.74) is 4.25. The Morgan fingerprint density at radius 1 is 1.03 bits per heavy atom. The second kappa shape index (κ2) is 10.9. The van der Waals surface area contributed by atoms with Crippen molar-refractivity contribution in [3.8, 4) is 11.3 Å². The molecule has 3 heterocycles. The maximum absolute atomic E-state index is 12.5. The molecule has 0 spiro atoms. The van der Waals surface area contributed by atoms with Gasteiger partial charge in [0.15, 0.2) is 5.65 Å². The molecule has 0 aliphatic carbocycles. The second-order valence-corrected chi connectivity index (χ2v) is 9.14. The fourth-order valence-electron chi connectivity index (χ4n) is 4.03. The van der Waals surface area contributed by atoms with Crippen molar-refractivity contribution in [3.05, 3.63) is 72.3 Å². The number of morpholine rings is 1. The van der Waals surface area contributed by atoms with Gasteiger partial charge in [-0.05, 0) is 54.8 Å². The van der Waals surface area contributed by atoms with Crippen LogP contribution in [0.25, 0.3) is 16.9 Å². The lowest BCUT2D eigenvalue weighted by Gasteiger charge is -2.26. The van der Waals surface area contributed by atoms with E-state index in [4.69, 9.17) is 4.74 Å². The third-order valence-electron chi connectivity index (χ3n) is 5.97. The Morgan fingerprint density at radius 2 is 1.80 bits per heavy atom. The summed E-state index contributed by atoms with van der Waals surface area (Å²) >= 11 is 1.72. The normalized spacial score (nSPS) is 14.2. The van der Waals surface area contributed by atoms with Crippen LogP contribution in [0.1, 0.15) is 10.4 Å². The number of thioether (sulfide) groups is 1. The molecule has 2 N–H and O–H groups in total. The largest absolute Gasteiger partial charge is 0.379 e. The van der Waals surface area contributed by atoms with Crippen LogP contribution in [0.2, 0.25) is 0 Å². The Kier molecular flexibility index (Phi) is 7.27. The Morgan fingerprint density at radius 3 is 2.54 bits per heavy atom. The number of carbonyl (C=O) groups is 1. The fourth-order valence-corrected chi connectivity index (χ4v) is 4.44. The lowest BCUT2D eigenvalue weighted by Crippen LogP contribution is -2.41. The van der Waals surface area contributed by atoms with Crippen LogP contribution in [0.15, 0.2) is 71.6 Å². The van der Waals surface area contributed by atoms with Crippen LogP contribution in [0.5, 0.6) is 0 Å². The first-order valence-electron chi connectivity index (χ1n) is 11.7. The summed E-state index contributed by atoms with van der Waals surface area (Å²) in [6.45, 7) is 4.80. The van der Waals surface area contributed by atoms with Crippen molar-refractivity contribution in [1.29, 1.82) is 0 Å². The molecule has 8 nitrogen and oxygen atoms in total. The van der Waals surface area contributed by atoms with Gasteiger partial charge in [-0.15, -0.1) is 16.9 Å². The van der Waals surface area contributed by atoms with E-state index in [2.05, 4.69) is 56.1 Å². The van der Waals surface area contributed by atoms with Crippen LogP contribution < -0.4 is 10.6 Å². The van der Waals surface area contributed by atoms with Crippen molar-refractivity contribution in [1.82, 2.24) is 24.8 Å². The van der Waals surface area contributed by atoms with Crippen molar-refractivity contribution >= 4 is 35.0 Å². The number of pyridine rings is 1. The molecule has 1 amide bonds. The molecule has 0 bridgehead atoms. The number of nitrogens with zero attached hydrogens (tertiary/aromatic N) is 4. The molecule has 1 fully saturated rings. The Balaban J connectivity index is 1.23. The van der Waals surface area contributed by atoms with Gasteiger partial charge in [-0.3, -0.25) is 9.69 Å². The van der Waals surface area contributed by atoms with E-state index in [0.717, 1.165) is 55.4 Å². The van der Waals surface area contributed by atoms with Crippen molar-refractivity contribution < 1.29 is 9.53 Å². The quantitative estimate of drug-likeness (QED) is 0.364. The maximum atomic E-state index is 12.5. The highest BCUT2D eigenvalue weighted by Gasteiger charge is 2.12. The van der Waals surface area contributed by atoms with Gasteiger partial charge < -0.3 is 15.4 Å². The van der Waals surface area contributed by atoms with E-state index in [9.17, 15) is 4.79 Å². The van der Waals surface area contributed by atoms with Gasteiger partial charge in [0.1, 0.15) is 0 Å². The maximum Gasteiger partial charge on any atom is 0.251 e. The number of fused-ring (bicyclic) bond motifs is 1. The minimum absolute atomic E-state index is 0.0761. The third-order valence-corrected chi connectivity index (χ3v) is 6.71. The smallest absolute Gasteiger partial charge is 0.251 e. The van der Waals surface area contributed by atoms with Gasteiger partial charge in [-0.25, -0.2) is 4.52 Å². The third kappa shape index (κ3) is 5.64. The molecular weight excluding hydrogens is 460 g/mol. The van der Waals surface area contributed by atoms with E-state index in [1.54, 1.807) is 23.9 Å². The summed E-state index contributed by atoms with van der Waals surface area (Å²) in [6.07, 6.45) is 2.07. The highest BCUT2D eigenvalue weighted by molar-refractivity contribution is 7.98. The minimum Gasteiger partial charge on any atom is -0.379 e. The average Bonchev–Trinajstić information content (AvgIpc) is 3.32. The molecule has 2 aromatic heterocycles. The van der Waals surface area contributed by atoms with Gasteiger partial charge in [-0.1, -0.05) is 18.2 Å². The van der Waals surface area contributed by atoms with Crippen molar-refractivity contribution in [2.24, 2.45) is 0 Å². The second-order valence-electron chi connectivity index (χ2n) is 8.26. The zero-order chi connectivity index (χ0) is 24.0. The number of benzene rings is 2. The van der Waals surface area contributed by atoms with Crippen molar-refractivity contribution in [2.75, 3.05) is 51.0 Å². The molecule has 180 valence electrons. The molecule has 0 radical (unpaired) electrons. The van der Waals surface area contributed by atoms with Crippen molar-refractivity contribution in [3.63, 3.8) is 0 Å². The molecule has 5 rings (SSSR count). The first-order valence-corrected chi connectivity index (χ1v) is 12.9. The van der Waals surface area contributed by atoms with E-state index < -0.39 is 0 Å². The highest BCUT2D eigenvalue weighted by atomic mass is 32.2. The number of amides is 1. The summed E-state index contributed by atoms with van der Waals surface area (Å²) in [5, 5.41) is 10.9. The first kappa shape index (κ1) is 23.3. The summed E-state index contributed by atoms with van der Waals surface area (Å²) in [6, 6.07) is 21.7. The first-order chi connectivity index (χ1) is 17.2. The number of anilines is 2. The van der Waals surface area contributed by atoms with Gasteiger partial charge in [0.25, 0.3) is 5.91 Å². The van der Waals surface area contributed by atoms with Crippen molar-refractivity contribution in [2.45, 2.75) is 4.90 Å². The zero-order valence-corrected chi connectivity index (χ0v) is 20.4. The number of hydrogen-bond donors (Lipinski definition) is 2. The average molecular weight is 489 g/mol. The number of aromatic nitrogens is 3. The van der Waals surface area contributed by atoms with Gasteiger partial charge in [-0.2, -0.15) is 4.98 Å². The Labute approximate surface area is 208 Å². The Bertz CT molecular complexity index is 1280. The number of rotatable bonds is 8. The molecular formula is C26H28N6O2S. The number of nitrogens with one attached hydrogen (secondary N) is 2. The summed E-state index contributed by atoms with van der Waals surface area (Å²) in [7, 11) is 0. The predicted molar refractivity (Wildman–Crippen MR) is 140 cm³/mol. The zero-order valence-electron chi connectivity index (χ0n) is 19.6. The van der Waals surface area contributed by atoms with E-state index in [1.165, 1.54) is 4.90 Å². The summed E-state index contributed by atoms with van der Waals surface area (Å²) < 4.78 is 7.20. The molecule has 2 aromatic carbocycles. The van der Waals surface area contributed by atoms with Crippen LogP contribution in [0, 0.1) is 0 Å². The SMILES string of the molecule is CSc1ccc(-c2cccc3nc(Nc4ccc(C(=O)NCCN5CCOCC5)cc4)nn23)cc1. The number of carbonyl (C=O) groups excluding carboxylic acids is 1. The van der Waals surface area contributed by atoms with Gasteiger partial charge in [0.05, 0.1) is 18.9 Å². The van der Waals surface area contributed by atoms with E-state index in [-0.39, 0.29) is 5.91 Å². The lowest BCUT2D eigenvalue weighted by molar-refractivity contribution is 0.0383. The van der Waals surface area contributed by atoms with Gasteiger partial charge in [0.2, 0.25) is 5.95 Å². The van der Waals surface area contributed by atoms with Crippen LogP contribution in [0.4, 0.5) is 11.6 Å². The summed E-state index contributed by atoms with van der Waals surface area (Å²) in [5.74, 6) is 0.425. The highest BCUT2D eigenvalue weighted by Crippen LogP contribution is 2.24. The van der Waals surface area contributed by atoms with Crippen LogP contribution >= 0.6 is 11.8 Å². The van der Waals surface area contributed by atoms with E-state index in [1.807, 2.05) is 34.8 Å². The van der Waals surface area contributed by atoms with Crippen LogP contribution in [-0.4, -0.2) is 71.1 Å². The van der Waals surface area contributed by atoms with Gasteiger partial charge in [0, 0.05) is 47.9 Å². The van der Waals surface area contributed by atoms with Crippen LogP contribution in [0.3, 0.4) is 0 Å². The molecule has 1 saturated heterocycles. The van der Waals surface area contributed by atoms with E-state index in [0.29, 0.717) is 18.1 Å². The topological polar surface area (TPSA) is 83.8 Å². The standard InChI is InChI=1S/C26H28N6O2S/c1-35-22-11-7-19(8-12-22)23-3-2-4-24-29-26(30-32(23)24)28-21-9-5-20(6-10-21)25(33)27-13-14-31-15-17-34-18-16-31/h2-12H,13-18H2,1H3,(H,27,33)(H,28,30). The Hall–Kier alpha value is -3.40. The van der Waals surface area contributed by atoms with E-state index >= 15 is 0 Å². The lowest BCUT2D eigenvalue weighted by atomic mass is 10.1. The molecule has 35 heavy (non-hydrogen) atoms. The molecule has 1 aliphatic rings. The molecule has 9 heteroatoms. The molecule has 1 aliphatic heterocycles. The fraction of sp³-hybridized carbons (Fsp3) is 0.269. The minimum atomic E-state index is -0.0761. The number of ether oxygens (including phenoxy) is 1. The summed E-state index contributed by atoms with van der Waals surface area (Å²) in [4.78, 5) is 20.6. The molecule has 0 saturated carbocycles. The van der Waals surface area contributed by atoms with Gasteiger partial charge >= 0.3 is 0 Å². The predicted octanol–water partition coefficient (Wildman–Crippen LogP) is 3.92. The van der Waals surface area contributed by atoms with Crippen LogP contribution in [-0.2, 0) is 4.74 Å². The molecule has 0 unspecified atom stereocenters.